The lowest BCUT2D eigenvalue weighted by molar-refractivity contribution is 0.0677. The van der Waals surface area contributed by atoms with Gasteiger partial charge < -0.3 is 9.84 Å². The fraction of sp³-hybridized carbons (Fsp3) is 0.600. The zero-order valence-corrected chi connectivity index (χ0v) is 11.6. The van der Waals surface area contributed by atoms with Crippen LogP contribution in [-0.2, 0) is 0 Å². The summed E-state index contributed by atoms with van der Waals surface area (Å²) < 4.78 is 5.87. The van der Waals surface area contributed by atoms with Crippen molar-refractivity contribution >= 4 is 5.97 Å². The molecule has 104 valence electrons. The first kappa shape index (κ1) is 13.8. The van der Waals surface area contributed by atoms with Crippen molar-refractivity contribution < 1.29 is 14.6 Å². The third-order valence-electron chi connectivity index (χ3n) is 3.93. The van der Waals surface area contributed by atoms with Crippen molar-refractivity contribution in [1.82, 2.24) is 4.98 Å². The van der Waals surface area contributed by atoms with E-state index in [1.165, 1.54) is 6.42 Å². The summed E-state index contributed by atoms with van der Waals surface area (Å²) in [5.74, 6) is -0.00505. The number of aromatic carboxylic acids is 1. The fourth-order valence-corrected chi connectivity index (χ4v) is 2.76. The Hall–Kier alpha value is -1.58. The molecule has 1 aliphatic carbocycles. The molecular weight excluding hydrogens is 242 g/mol. The molecule has 1 aliphatic rings. The molecule has 4 heteroatoms. The lowest BCUT2D eigenvalue weighted by atomic mass is 9.85. The molecule has 0 bridgehead atoms. The maximum Gasteiger partial charge on any atom is 0.341 e. The molecule has 2 atom stereocenters. The molecule has 1 fully saturated rings. The van der Waals surface area contributed by atoms with Gasteiger partial charge in [0.05, 0.1) is 0 Å². The molecule has 0 aliphatic heterocycles. The molecule has 2 rings (SSSR count). The summed E-state index contributed by atoms with van der Waals surface area (Å²) in [6.45, 7) is 3.97. The number of aromatic nitrogens is 1. The van der Waals surface area contributed by atoms with Gasteiger partial charge in [-0.2, -0.15) is 0 Å². The number of carbonyl (C=O) groups is 1. The molecule has 1 saturated carbocycles. The summed E-state index contributed by atoms with van der Waals surface area (Å²) in [5.41, 5.74) is 0.890. The number of pyridine rings is 1. The van der Waals surface area contributed by atoms with E-state index in [9.17, 15) is 9.90 Å². The van der Waals surface area contributed by atoms with Gasteiger partial charge in [0.25, 0.3) is 0 Å². The van der Waals surface area contributed by atoms with E-state index in [-0.39, 0.29) is 17.5 Å². The first-order chi connectivity index (χ1) is 9.11. The molecule has 0 aromatic carbocycles. The van der Waals surface area contributed by atoms with Crippen LogP contribution >= 0.6 is 0 Å². The average molecular weight is 263 g/mol. The summed E-state index contributed by atoms with van der Waals surface area (Å²) in [4.78, 5) is 15.4. The Labute approximate surface area is 113 Å². The number of ether oxygens (including phenoxy) is 1. The lowest BCUT2D eigenvalue weighted by Gasteiger charge is -2.29. The van der Waals surface area contributed by atoms with Crippen molar-refractivity contribution in [3.63, 3.8) is 0 Å². The molecule has 19 heavy (non-hydrogen) atoms. The van der Waals surface area contributed by atoms with E-state index in [4.69, 9.17) is 4.74 Å². The van der Waals surface area contributed by atoms with E-state index in [0.717, 1.165) is 25.7 Å². The third kappa shape index (κ3) is 3.25. The van der Waals surface area contributed by atoms with Gasteiger partial charge in [-0.15, -0.1) is 0 Å². The Balaban J connectivity index is 2.14. The molecule has 0 saturated heterocycles. The second-order valence-electron chi connectivity index (χ2n) is 5.29. The van der Waals surface area contributed by atoms with Crippen molar-refractivity contribution in [3.05, 3.63) is 23.4 Å². The third-order valence-corrected chi connectivity index (χ3v) is 3.93. The maximum atomic E-state index is 11.3. The molecule has 2 unspecified atom stereocenters. The van der Waals surface area contributed by atoms with Gasteiger partial charge in [-0.3, -0.25) is 0 Å². The first-order valence-electron chi connectivity index (χ1n) is 6.97. The van der Waals surface area contributed by atoms with Crippen LogP contribution in [-0.4, -0.2) is 22.2 Å². The molecule has 0 amide bonds. The van der Waals surface area contributed by atoms with Crippen LogP contribution in [0.5, 0.6) is 5.88 Å². The van der Waals surface area contributed by atoms with Gasteiger partial charge in [0.2, 0.25) is 5.88 Å². The van der Waals surface area contributed by atoms with Crippen molar-refractivity contribution in [2.75, 3.05) is 0 Å². The smallest absolute Gasteiger partial charge is 0.341 e. The van der Waals surface area contributed by atoms with Crippen molar-refractivity contribution in [2.24, 2.45) is 5.92 Å². The number of nitrogens with zero attached hydrogens (tertiary/aromatic N) is 1. The number of aryl methyl sites for hydroxylation is 1. The van der Waals surface area contributed by atoms with Crippen molar-refractivity contribution in [2.45, 2.75) is 52.1 Å². The number of hydrogen-bond donors (Lipinski definition) is 1. The molecule has 1 aromatic rings. The summed E-state index contributed by atoms with van der Waals surface area (Å²) in [5, 5.41) is 9.25. The fourth-order valence-electron chi connectivity index (χ4n) is 2.76. The molecule has 0 radical (unpaired) electrons. The number of rotatable bonds is 4. The summed E-state index contributed by atoms with van der Waals surface area (Å²) in [6, 6.07) is 1.70. The summed E-state index contributed by atoms with van der Waals surface area (Å²) in [7, 11) is 0. The highest BCUT2D eigenvalue weighted by molar-refractivity contribution is 5.91. The minimum absolute atomic E-state index is 0.103. The Morgan fingerprint density at radius 2 is 2.32 bits per heavy atom. The van der Waals surface area contributed by atoms with Gasteiger partial charge in [0.1, 0.15) is 11.7 Å². The zero-order valence-electron chi connectivity index (χ0n) is 11.6. The number of carboxylic acids is 1. The number of carboxylic acid groups (broad SMARTS) is 1. The highest BCUT2D eigenvalue weighted by atomic mass is 16.5. The normalized spacial score (nSPS) is 23.1. The zero-order chi connectivity index (χ0) is 13.8. The Bertz CT molecular complexity index is 459. The summed E-state index contributed by atoms with van der Waals surface area (Å²) in [6.07, 6.45) is 7.27. The molecule has 1 aromatic heterocycles. The minimum atomic E-state index is -0.969. The summed E-state index contributed by atoms with van der Waals surface area (Å²) >= 11 is 0. The monoisotopic (exact) mass is 263 g/mol. The Morgan fingerprint density at radius 1 is 1.53 bits per heavy atom. The van der Waals surface area contributed by atoms with Crippen LogP contribution in [0.2, 0.25) is 0 Å². The SMILES string of the molecule is CCC1CCCC(Oc2nccc(C)c2C(=O)O)C1. The largest absolute Gasteiger partial charge is 0.477 e. The van der Waals surface area contributed by atoms with E-state index in [1.54, 1.807) is 19.2 Å². The highest BCUT2D eigenvalue weighted by Crippen LogP contribution is 2.30. The maximum absolute atomic E-state index is 11.3. The van der Waals surface area contributed by atoms with Crippen LogP contribution in [0.4, 0.5) is 0 Å². The van der Waals surface area contributed by atoms with Crippen LogP contribution in [0.15, 0.2) is 12.3 Å². The average Bonchev–Trinajstić information content (AvgIpc) is 2.38. The highest BCUT2D eigenvalue weighted by Gasteiger charge is 2.25. The molecular formula is C15H21NO3. The van der Waals surface area contributed by atoms with Crippen LogP contribution < -0.4 is 4.74 Å². The standard InChI is InChI=1S/C15H21NO3/c1-3-11-5-4-6-12(9-11)19-14-13(15(17)18)10(2)7-8-16-14/h7-8,11-12H,3-6,9H2,1-2H3,(H,17,18). The van der Waals surface area contributed by atoms with E-state index in [2.05, 4.69) is 11.9 Å². The van der Waals surface area contributed by atoms with Crippen molar-refractivity contribution in [1.29, 1.82) is 0 Å². The van der Waals surface area contributed by atoms with Gasteiger partial charge >= 0.3 is 5.97 Å². The molecule has 4 nitrogen and oxygen atoms in total. The first-order valence-corrected chi connectivity index (χ1v) is 6.97. The van der Waals surface area contributed by atoms with Crippen LogP contribution in [0.3, 0.4) is 0 Å². The van der Waals surface area contributed by atoms with Gasteiger partial charge in [0, 0.05) is 6.20 Å². The predicted octanol–water partition coefficient (Wildman–Crippen LogP) is 3.44. The van der Waals surface area contributed by atoms with E-state index < -0.39 is 5.97 Å². The molecule has 1 N–H and O–H groups in total. The topological polar surface area (TPSA) is 59.4 Å². The molecule has 0 spiro atoms. The number of hydrogen-bond acceptors (Lipinski definition) is 3. The van der Waals surface area contributed by atoms with Crippen LogP contribution in [0.1, 0.15) is 54.9 Å². The Kier molecular flexibility index (Phi) is 4.40. The van der Waals surface area contributed by atoms with Gasteiger partial charge in [-0.05, 0) is 43.7 Å². The van der Waals surface area contributed by atoms with Gasteiger partial charge in [0.15, 0.2) is 0 Å². The second kappa shape index (κ2) is 6.04. The van der Waals surface area contributed by atoms with Gasteiger partial charge in [-0.1, -0.05) is 19.8 Å². The van der Waals surface area contributed by atoms with E-state index in [1.807, 2.05) is 0 Å². The minimum Gasteiger partial charge on any atom is -0.477 e. The quantitative estimate of drug-likeness (QED) is 0.904. The van der Waals surface area contributed by atoms with Gasteiger partial charge in [-0.25, -0.2) is 9.78 Å². The lowest BCUT2D eigenvalue weighted by Crippen LogP contribution is -2.26. The Morgan fingerprint density at radius 3 is 3.00 bits per heavy atom. The molecule has 1 heterocycles. The van der Waals surface area contributed by atoms with E-state index in [0.29, 0.717) is 11.5 Å². The van der Waals surface area contributed by atoms with Crippen LogP contribution in [0.25, 0.3) is 0 Å². The van der Waals surface area contributed by atoms with E-state index >= 15 is 0 Å². The van der Waals surface area contributed by atoms with Crippen LogP contribution in [0, 0.1) is 12.8 Å². The van der Waals surface area contributed by atoms with Crippen molar-refractivity contribution in [3.8, 4) is 5.88 Å². The second-order valence-corrected chi connectivity index (χ2v) is 5.29. The predicted molar refractivity (Wildman–Crippen MR) is 72.6 cm³/mol.